The zero-order valence-corrected chi connectivity index (χ0v) is 27.7. The van der Waals surface area contributed by atoms with Gasteiger partial charge < -0.3 is 9.64 Å². The minimum Gasteiger partial charge on any atom is -0.497 e. The molecule has 0 unspecified atom stereocenters. The van der Waals surface area contributed by atoms with Crippen molar-refractivity contribution in [3.05, 3.63) is 120 Å². The first-order valence-corrected chi connectivity index (χ1v) is 15.6. The molecule has 47 heavy (non-hydrogen) atoms. The maximum atomic E-state index is 13.8. The van der Waals surface area contributed by atoms with Gasteiger partial charge in [-0.25, -0.2) is 9.67 Å². The topological polar surface area (TPSA) is 95.1 Å². The van der Waals surface area contributed by atoms with E-state index in [9.17, 15) is 22.8 Å². The van der Waals surface area contributed by atoms with Gasteiger partial charge in [0, 0.05) is 27.2 Å². The van der Waals surface area contributed by atoms with Crippen LogP contribution in [0.25, 0.3) is 16.9 Å². The number of carbonyl (C=O) groups excluding carboxylic acids is 1. The molecule has 0 saturated heterocycles. The van der Waals surface area contributed by atoms with Gasteiger partial charge in [-0.1, -0.05) is 45.4 Å². The molecule has 1 aliphatic rings. The number of fused-ring (bicyclic) bond motifs is 1. The Balaban J connectivity index is 1.27. The summed E-state index contributed by atoms with van der Waals surface area (Å²) in [5.41, 5.74) is 3.15. The second-order valence-corrected chi connectivity index (χ2v) is 12.4. The molecule has 2 aromatic heterocycles. The molecule has 3 aromatic carbocycles. The van der Waals surface area contributed by atoms with E-state index in [0.29, 0.717) is 23.5 Å². The fraction of sp³-hybridized carbons (Fsp3) is 0.242. The highest BCUT2D eigenvalue weighted by Gasteiger charge is 2.36. The highest BCUT2D eigenvalue weighted by Crippen LogP contribution is 2.36. The van der Waals surface area contributed by atoms with Crippen molar-refractivity contribution in [2.24, 2.45) is 0 Å². The lowest BCUT2D eigenvalue weighted by atomic mass is 9.98. The lowest BCUT2D eigenvalue weighted by Crippen LogP contribution is -2.45. The van der Waals surface area contributed by atoms with Gasteiger partial charge >= 0.3 is 6.18 Å². The van der Waals surface area contributed by atoms with Gasteiger partial charge in [0.1, 0.15) is 5.75 Å². The molecule has 6 rings (SSSR count). The molecular weight excluding hydrogens is 701 g/mol. The predicted molar refractivity (Wildman–Crippen MR) is 173 cm³/mol. The third kappa shape index (κ3) is 6.29. The van der Waals surface area contributed by atoms with Crippen LogP contribution in [0.3, 0.4) is 0 Å². The summed E-state index contributed by atoms with van der Waals surface area (Å²) in [6.45, 7) is 4.02. The van der Waals surface area contributed by atoms with E-state index in [2.05, 4.69) is 31.2 Å². The molecule has 0 radical (unpaired) electrons. The smallest absolute Gasteiger partial charge is 0.417 e. The number of alkyl halides is 3. The number of methoxy groups -OCH3 is 1. The number of aryl methyl sites for hydroxylation is 1. The molecule has 0 aliphatic carbocycles. The number of carbonyl (C=O) groups is 1. The second kappa shape index (κ2) is 12.6. The van der Waals surface area contributed by atoms with Crippen LogP contribution in [0.1, 0.15) is 45.4 Å². The molecule has 0 bridgehead atoms. The molecule has 242 valence electrons. The summed E-state index contributed by atoms with van der Waals surface area (Å²) in [6.07, 6.45) is -4.48. The van der Waals surface area contributed by atoms with Gasteiger partial charge in [0.25, 0.3) is 11.5 Å². The van der Waals surface area contributed by atoms with Gasteiger partial charge in [-0.05, 0) is 79.9 Å². The molecule has 0 saturated carbocycles. The van der Waals surface area contributed by atoms with E-state index in [1.165, 1.54) is 21.6 Å². The largest absolute Gasteiger partial charge is 0.497 e. The van der Waals surface area contributed by atoms with Crippen LogP contribution in [0, 0.1) is 6.92 Å². The Bertz CT molecular complexity index is 2050. The number of rotatable bonds is 6. The molecule has 14 heteroatoms. The van der Waals surface area contributed by atoms with Crippen molar-refractivity contribution >= 4 is 33.4 Å². The van der Waals surface area contributed by atoms with E-state index < -0.39 is 23.7 Å². The van der Waals surface area contributed by atoms with E-state index in [4.69, 9.17) is 16.3 Å². The SMILES string of the molecule is COc1ccc(Cn2nnc(C)c2-c2ccc(-n3c(Cl)nc4c(c3=O)C[C@@H](C)N(C(=O)c3ccc(Br)c(C(F)(F)F)c3)C4)cc2)cc1. The summed E-state index contributed by atoms with van der Waals surface area (Å²) < 4.78 is 48.6. The molecule has 5 aromatic rings. The van der Waals surface area contributed by atoms with Gasteiger partial charge in [-0.15, -0.1) is 5.10 Å². The number of hydrogen-bond acceptors (Lipinski definition) is 6. The number of amides is 1. The number of halogens is 5. The van der Waals surface area contributed by atoms with Crippen LogP contribution in [0.4, 0.5) is 13.2 Å². The minimum absolute atomic E-state index is 0.0774. The lowest BCUT2D eigenvalue weighted by molar-refractivity contribution is -0.138. The number of hydrogen-bond donors (Lipinski definition) is 0. The van der Waals surface area contributed by atoms with E-state index >= 15 is 0 Å². The Kier molecular flexibility index (Phi) is 8.70. The van der Waals surface area contributed by atoms with E-state index in [1.54, 1.807) is 30.8 Å². The Morgan fingerprint density at radius 3 is 2.45 bits per heavy atom. The first-order valence-electron chi connectivity index (χ1n) is 14.5. The van der Waals surface area contributed by atoms with E-state index in [1.807, 2.05) is 43.3 Å². The zero-order valence-electron chi connectivity index (χ0n) is 25.3. The van der Waals surface area contributed by atoms with Gasteiger partial charge in [0.2, 0.25) is 5.28 Å². The van der Waals surface area contributed by atoms with Crippen LogP contribution >= 0.6 is 27.5 Å². The third-order valence-electron chi connectivity index (χ3n) is 8.15. The predicted octanol–water partition coefficient (Wildman–Crippen LogP) is 6.88. The zero-order chi connectivity index (χ0) is 33.6. The molecule has 0 fully saturated rings. The fourth-order valence-corrected chi connectivity index (χ4v) is 6.46. The minimum atomic E-state index is -4.64. The Hall–Kier alpha value is -4.49. The number of aromatic nitrogens is 5. The molecule has 0 spiro atoms. The molecule has 3 heterocycles. The first-order chi connectivity index (χ1) is 22.3. The van der Waals surface area contributed by atoms with Crippen molar-refractivity contribution in [1.29, 1.82) is 0 Å². The van der Waals surface area contributed by atoms with Crippen molar-refractivity contribution in [2.75, 3.05) is 7.11 Å². The summed E-state index contributed by atoms with van der Waals surface area (Å²) >= 11 is 9.46. The van der Waals surface area contributed by atoms with E-state index in [0.717, 1.165) is 34.3 Å². The standard InChI is InChI=1S/C33H27BrClF3N6O3/c1-18-14-25-28(17-42(18)30(45)22-8-13-27(34)26(15-22)33(36,37)38)39-32(35)44(31(25)46)23-9-6-21(7-10-23)29-19(2)40-41-43(29)16-20-4-11-24(47-3)12-5-20/h4-13,15,18H,14,16-17H2,1-3H3/t18-/m1/s1. The van der Waals surface area contributed by atoms with Crippen LogP contribution < -0.4 is 10.3 Å². The van der Waals surface area contributed by atoms with Crippen molar-refractivity contribution in [1.82, 2.24) is 29.4 Å². The van der Waals surface area contributed by atoms with Crippen molar-refractivity contribution < 1.29 is 22.7 Å². The molecule has 1 amide bonds. The second-order valence-electron chi connectivity index (χ2n) is 11.2. The Morgan fingerprint density at radius 2 is 1.79 bits per heavy atom. The van der Waals surface area contributed by atoms with Crippen LogP contribution in [0.15, 0.2) is 76.0 Å². The summed E-state index contributed by atoms with van der Waals surface area (Å²) in [4.78, 5) is 33.0. The maximum Gasteiger partial charge on any atom is 0.417 e. The Morgan fingerprint density at radius 1 is 1.09 bits per heavy atom. The van der Waals surface area contributed by atoms with Crippen LogP contribution in [0.2, 0.25) is 5.28 Å². The normalized spacial score (nSPS) is 14.6. The molecule has 1 atom stereocenters. The fourth-order valence-electron chi connectivity index (χ4n) is 5.71. The summed E-state index contributed by atoms with van der Waals surface area (Å²) in [7, 11) is 1.61. The van der Waals surface area contributed by atoms with Crippen molar-refractivity contribution in [3.63, 3.8) is 0 Å². The van der Waals surface area contributed by atoms with Crippen LogP contribution in [-0.4, -0.2) is 48.5 Å². The Labute approximate surface area is 280 Å². The van der Waals surface area contributed by atoms with Gasteiger partial charge in [0.05, 0.1) is 48.5 Å². The molecular formula is C33H27BrClF3N6O3. The summed E-state index contributed by atoms with van der Waals surface area (Å²) in [6, 6.07) is 17.8. The van der Waals surface area contributed by atoms with Crippen molar-refractivity contribution in [3.8, 4) is 22.7 Å². The highest BCUT2D eigenvalue weighted by atomic mass is 79.9. The average Bonchev–Trinajstić information content (AvgIpc) is 3.40. The maximum absolute atomic E-state index is 13.8. The third-order valence-corrected chi connectivity index (χ3v) is 9.09. The average molecular weight is 728 g/mol. The number of ether oxygens (including phenoxy) is 1. The monoisotopic (exact) mass is 726 g/mol. The van der Waals surface area contributed by atoms with E-state index in [-0.39, 0.29) is 33.8 Å². The number of benzene rings is 3. The molecule has 0 N–H and O–H groups in total. The molecule has 9 nitrogen and oxygen atoms in total. The van der Waals surface area contributed by atoms with Gasteiger partial charge in [-0.2, -0.15) is 13.2 Å². The summed E-state index contributed by atoms with van der Waals surface area (Å²) in [5, 5.41) is 8.48. The summed E-state index contributed by atoms with van der Waals surface area (Å²) in [5.74, 6) is 0.156. The highest BCUT2D eigenvalue weighted by molar-refractivity contribution is 9.10. The first kappa shape index (κ1) is 32.5. The van der Waals surface area contributed by atoms with Crippen LogP contribution in [-0.2, 0) is 25.7 Å². The van der Waals surface area contributed by atoms with Gasteiger partial charge in [-0.3, -0.25) is 14.2 Å². The quantitative estimate of drug-likeness (QED) is 0.177. The van der Waals surface area contributed by atoms with Crippen LogP contribution in [0.5, 0.6) is 5.75 Å². The van der Waals surface area contributed by atoms with Gasteiger partial charge in [0.15, 0.2) is 0 Å². The number of nitrogens with zero attached hydrogens (tertiary/aromatic N) is 6. The molecule has 1 aliphatic heterocycles. The van der Waals surface area contributed by atoms with Crippen molar-refractivity contribution in [2.45, 2.75) is 45.6 Å². The lowest BCUT2D eigenvalue weighted by Gasteiger charge is -2.34.